The molecule has 0 bridgehead atoms. The first-order valence-corrected chi connectivity index (χ1v) is 6.19. The van der Waals surface area contributed by atoms with E-state index in [2.05, 4.69) is 23.3 Å². The maximum Gasteiger partial charge on any atom is 0.121 e. The van der Waals surface area contributed by atoms with Crippen LogP contribution >= 0.6 is 0 Å². The number of aromatic nitrogens is 1. The van der Waals surface area contributed by atoms with Gasteiger partial charge in [0.1, 0.15) is 5.75 Å². The van der Waals surface area contributed by atoms with E-state index >= 15 is 0 Å². The van der Waals surface area contributed by atoms with Gasteiger partial charge in [-0.05, 0) is 37.6 Å². The van der Waals surface area contributed by atoms with Gasteiger partial charge in [0.15, 0.2) is 0 Å². The highest BCUT2D eigenvalue weighted by Crippen LogP contribution is 2.22. The summed E-state index contributed by atoms with van der Waals surface area (Å²) >= 11 is 0. The van der Waals surface area contributed by atoms with E-state index in [1.54, 1.807) is 6.20 Å². The lowest BCUT2D eigenvalue weighted by molar-refractivity contribution is 0.340. The Balaban J connectivity index is 2.07. The molecule has 1 heterocycles. The van der Waals surface area contributed by atoms with Gasteiger partial charge >= 0.3 is 0 Å². The van der Waals surface area contributed by atoms with Crippen molar-refractivity contribution in [2.75, 3.05) is 11.9 Å². The van der Waals surface area contributed by atoms with Gasteiger partial charge < -0.3 is 10.1 Å². The minimum Gasteiger partial charge on any atom is -0.494 e. The van der Waals surface area contributed by atoms with Gasteiger partial charge in [-0.3, -0.25) is 4.98 Å². The van der Waals surface area contributed by atoms with Crippen LogP contribution < -0.4 is 10.1 Å². The van der Waals surface area contributed by atoms with Crippen molar-refractivity contribution in [2.45, 2.75) is 19.9 Å². The van der Waals surface area contributed by atoms with Crippen LogP contribution in [0.15, 0.2) is 48.8 Å². The number of nitrogens with zero attached hydrogens (tertiary/aromatic N) is 1. The Kier molecular flexibility index (Phi) is 4.18. The van der Waals surface area contributed by atoms with E-state index in [0.29, 0.717) is 6.61 Å². The summed E-state index contributed by atoms with van der Waals surface area (Å²) in [6.45, 7) is 4.78. The molecule has 0 radical (unpaired) electrons. The van der Waals surface area contributed by atoms with E-state index in [1.165, 1.54) is 5.56 Å². The number of rotatable bonds is 5. The standard InChI is InChI=1S/C15H18N2O/c1-3-18-15-8-4-7-14(10-15)17-12(2)13-6-5-9-16-11-13/h4-12,17H,3H2,1-2H3. The Bertz CT molecular complexity index is 485. The van der Waals surface area contributed by atoms with E-state index in [-0.39, 0.29) is 6.04 Å². The van der Waals surface area contributed by atoms with Crippen molar-refractivity contribution in [3.05, 3.63) is 54.4 Å². The number of ether oxygens (including phenoxy) is 1. The molecule has 3 heteroatoms. The van der Waals surface area contributed by atoms with Crippen LogP contribution in [0.4, 0.5) is 5.69 Å². The molecule has 0 fully saturated rings. The fourth-order valence-electron chi connectivity index (χ4n) is 1.81. The average molecular weight is 242 g/mol. The number of hydrogen-bond donors (Lipinski definition) is 1. The smallest absolute Gasteiger partial charge is 0.121 e. The van der Waals surface area contributed by atoms with Gasteiger partial charge in [0.25, 0.3) is 0 Å². The largest absolute Gasteiger partial charge is 0.494 e. The Morgan fingerprint density at radius 1 is 1.28 bits per heavy atom. The Labute approximate surface area is 108 Å². The van der Waals surface area contributed by atoms with Crippen LogP contribution in [0.25, 0.3) is 0 Å². The number of pyridine rings is 1. The summed E-state index contributed by atoms with van der Waals surface area (Å²) in [6.07, 6.45) is 3.66. The monoisotopic (exact) mass is 242 g/mol. The van der Waals surface area contributed by atoms with Crippen LogP contribution in [0.2, 0.25) is 0 Å². The molecule has 1 N–H and O–H groups in total. The second kappa shape index (κ2) is 6.05. The predicted octanol–water partition coefficient (Wildman–Crippen LogP) is 3.65. The van der Waals surface area contributed by atoms with Gasteiger partial charge in [-0.1, -0.05) is 12.1 Å². The van der Waals surface area contributed by atoms with Gasteiger partial charge in [0.05, 0.1) is 12.6 Å². The van der Waals surface area contributed by atoms with Crippen molar-refractivity contribution < 1.29 is 4.74 Å². The third-order valence-electron chi connectivity index (χ3n) is 2.71. The molecule has 1 aromatic carbocycles. The summed E-state index contributed by atoms with van der Waals surface area (Å²) in [5.74, 6) is 0.890. The summed E-state index contributed by atoms with van der Waals surface area (Å²) in [7, 11) is 0. The molecule has 0 spiro atoms. The third-order valence-corrected chi connectivity index (χ3v) is 2.71. The Morgan fingerprint density at radius 2 is 2.17 bits per heavy atom. The molecule has 94 valence electrons. The molecule has 0 amide bonds. The van der Waals surface area contributed by atoms with Crippen molar-refractivity contribution in [3.63, 3.8) is 0 Å². The molecule has 0 saturated heterocycles. The van der Waals surface area contributed by atoms with Crippen molar-refractivity contribution in [1.29, 1.82) is 0 Å². The van der Waals surface area contributed by atoms with Crippen LogP contribution in [0, 0.1) is 0 Å². The highest BCUT2D eigenvalue weighted by molar-refractivity contribution is 5.49. The molecule has 2 rings (SSSR count). The molecule has 0 aliphatic heterocycles. The molecule has 1 atom stereocenters. The summed E-state index contributed by atoms with van der Waals surface area (Å²) in [6, 6.07) is 12.2. The fraction of sp³-hybridized carbons (Fsp3) is 0.267. The first-order valence-electron chi connectivity index (χ1n) is 6.19. The molecular formula is C15H18N2O. The van der Waals surface area contributed by atoms with Crippen molar-refractivity contribution in [3.8, 4) is 5.75 Å². The molecular weight excluding hydrogens is 224 g/mol. The number of anilines is 1. The maximum absolute atomic E-state index is 5.48. The second-order valence-corrected chi connectivity index (χ2v) is 4.11. The van der Waals surface area contributed by atoms with Crippen LogP contribution in [0.1, 0.15) is 25.5 Å². The zero-order chi connectivity index (χ0) is 12.8. The maximum atomic E-state index is 5.48. The van der Waals surface area contributed by atoms with Crippen LogP contribution in [-0.2, 0) is 0 Å². The average Bonchev–Trinajstić information content (AvgIpc) is 2.40. The third kappa shape index (κ3) is 3.23. The van der Waals surface area contributed by atoms with Gasteiger partial charge in [-0.2, -0.15) is 0 Å². The van der Waals surface area contributed by atoms with Crippen LogP contribution in [-0.4, -0.2) is 11.6 Å². The molecule has 2 aromatic rings. The van der Waals surface area contributed by atoms with Gasteiger partial charge in [0.2, 0.25) is 0 Å². The second-order valence-electron chi connectivity index (χ2n) is 4.11. The van der Waals surface area contributed by atoms with E-state index < -0.39 is 0 Å². The number of hydrogen-bond acceptors (Lipinski definition) is 3. The highest BCUT2D eigenvalue weighted by atomic mass is 16.5. The lowest BCUT2D eigenvalue weighted by Gasteiger charge is -2.16. The first-order chi connectivity index (χ1) is 8.79. The molecule has 0 aliphatic carbocycles. The summed E-state index contributed by atoms with van der Waals surface area (Å²) in [5, 5.41) is 3.44. The Hall–Kier alpha value is -2.03. The topological polar surface area (TPSA) is 34.1 Å². The van der Waals surface area contributed by atoms with Crippen molar-refractivity contribution >= 4 is 5.69 Å². The Morgan fingerprint density at radius 3 is 2.89 bits per heavy atom. The van der Waals surface area contributed by atoms with Crippen LogP contribution in [0.3, 0.4) is 0 Å². The van der Waals surface area contributed by atoms with Crippen LogP contribution in [0.5, 0.6) is 5.75 Å². The number of nitrogens with one attached hydrogen (secondary N) is 1. The summed E-state index contributed by atoms with van der Waals surface area (Å²) in [4.78, 5) is 4.13. The molecule has 3 nitrogen and oxygen atoms in total. The van der Waals surface area contributed by atoms with E-state index in [1.807, 2.05) is 43.5 Å². The van der Waals surface area contributed by atoms with Crippen molar-refractivity contribution in [2.24, 2.45) is 0 Å². The van der Waals surface area contributed by atoms with Gasteiger partial charge in [0, 0.05) is 24.1 Å². The highest BCUT2D eigenvalue weighted by Gasteiger charge is 2.05. The van der Waals surface area contributed by atoms with Crippen molar-refractivity contribution in [1.82, 2.24) is 4.98 Å². The predicted molar refractivity (Wildman–Crippen MR) is 73.9 cm³/mol. The summed E-state index contributed by atoms with van der Waals surface area (Å²) < 4.78 is 5.48. The van der Waals surface area contributed by atoms with E-state index in [9.17, 15) is 0 Å². The lowest BCUT2D eigenvalue weighted by atomic mass is 10.1. The molecule has 1 aromatic heterocycles. The zero-order valence-electron chi connectivity index (χ0n) is 10.8. The van der Waals surface area contributed by atoms with E-state index in [0.717, 1.165) is 11.4 Å². The minimum absolute atomic E-state index is 0.218. The summed E-state index contributed by atoms with van der Waals surface area (Å²) in [5.41, 5.74) is 2.22. The molecule has 1 unspecified atom stereocenters. The number of benzene rings is 1. The first kappa shape index (κ1) is 12.4. The lowest BCUT2D eigenvalue weighted by Crippen LogP contribution is -2.06. The molecule has 0 aliphatic rings. The minimum atomic E-state index is 0.218. The molecule has 0 saturated carbocycles. The van der Waals surface area contributed by atoms with Gasteiger partial charge in [-0.25, -0.2) is 0 Å². The fourth-order valence-corrected chi connectivity index (χ4v) is 1.81. The SMILES string of the molecule is CCOc1cccc(NC(C)c2cccnc2)c1. The quantitative estimate of drug-likeness (QED) is 0.869. The zero-order valence-corrected chi connectivity index (χ0v) is 10.8. The normalized spacial score (nSPS) is 11.9. The van der Waals surface area contributed by atoms with Gasteiger partial charge in [-0.15, -0.1) is 0 Å². The molecule has 18 heavy (non-hydrogen) atoms. The van der Waals surface area contributed by atoms with E-state index in [4.69, 9.17) is 4.74 Å².